The van der Waals surface area contributed by atoms with Gasteiger partial charge in [-0.25, -0.2) is 0 Å². The third-order valence-electron chi connectivity index (χ3n) is 7.26. The van der Waals surface area contributed by atoms with Crippen LogP contribution in [0.4, 0.5) is 11.4 Å². The van der Waals surface area contributed by atoms with Crippen LogP contribution in [0, 0.1) is 18.8 Å². The lowest BCUT2D eigenvalue weighted by Crippen LogP contribution is -2.43. The number of hydrogen-bond acceptors (Lipinski definition) is 2. The maximum Gasteiger partial charge on any atom is 0.255 e. The minimum atomic E-state index is -0.0300. The van der Waals surface area contributed by atoms with Crippen molar-refractivity contribution in [1.29, 1.82) is 0 Å². The first-order valence-electron chi connectivity index (χ1n) is 10.8. The predicted octanol–water partition coefficient (Wildman–Crippen LogP) is 5.40. The zero-order valence-corrected chi connectivity index (χ0v) is 16.8. The van der Waals surface area contributed by atoms with Gasteiger partial charge in [0.15, 0.2) is 0 Å². The molecule has 3 heteroatoms. The van der Waals surface area contributed by atoms with Crippen molar-refractivity contribution in [2.75, 3.05) is 23.3 Å². The molecule has 2 aliphatic carbocycles. The van der Waals surface area contributed by atoms with Crippen LogP contribution in [0.3, 0.4) is 0 Å². The number of fused-ring (bicyclic) bond motifs is 4. The van der Waals surface area contributed by atoms with E-state index in [1.165, 1.54) is 29.7 Å². The number of amides is 1. The first kappa shape index (κ1) is 17.1. The van der Waals surface area contributed by atoms with E-state index in [1.807, 2.05) is 31.2 Å². The van der Waals surface area contributed by atoms with Gasteiger partial charge in [0, 0.05) is 41.9 Å². The van der Waals surface area contributed by atoms with Crippen molar-refractivity contribution in [3.63, 3.8) is 0 Å². The fourth-order valence-electron chi connectivity index (χ4n) is 5.86. The van der Waals surface area contributed by atoms with Crippen molar-refractivity contribution >= 4 is 17.3 Å². The molecule has 146 valence electrons. The molecule has 2 heterocycles. The summed E-state index contributed by atoms with van der Waals surface area (Å²) >= 11 is 0. The number of allylic oxidation sites excluding steroid dienone is 4. The Morgan fingerprint density at radius 2 is 1.52 bits per heavy atom. The third-order valence-corrected chi connectivity index (χ3v) is 7.26. The predicted molar refractivity (Wildman–Crippen MR) is 118 cm³/mol. The Morgan fingerprint density at radius 1 is 0.931 bits per heavy atom. The molecule has 0 fully saturated rings. The van der Waals surface area contributed by atoms with Crippen molar-refractivity contribution in [3.05, 3.63) is 83.0 Å². The molecule has 2 aromatic rings. The Kier molecular flexibility index (Phi) is 3.74. The van der Waals surface area contributed by atoms with E-state index in [-0.39, 0.29) is 5.91 Å². The van der Waals surface area contributed by atoms with Crippen LogP contribution in [-0.4, -0.2) is 19.0 Å². The molecule has 0 saturated heterocycles. The van der Waals surface area contributed by atoms with Crippen LogP contribution in [0.5, 0.6) is 0 Å². The minimum absolute atomic E-state index is 0.0300. The van der Waals surface area contributed by atoms with Gasteiger partial charge in [0.2, 0.25) is 0 Å². The first-order valence-corrected chi connectivity index (χ1v) is 10.8. The fraction of sp³-hybridized carbons (Fsp3) is 0.346. The van der Waals surface area contributed by atoms with Crippen LogP contribution in [0.2, 0.25) is 0 Å². The lowest BCUT2D eigenvalue weighted by atomic mass is 9.75. The summed E-state index contributed by atoms with van der Waals surface area (Å²) in [6.07, 6.45) is 11.8. The summed E-state index contributed by atoms with van der Waals surface area (Å²) in [4.78, 5) is 15.5. The van der Waals surface area contributed by atoms with Crippen molar-refractivity contribution < 1.29 is 4.79 Å². The summed E-state index contributed by atoms with van der Waals surface area (Å²) in [5.41, 5.74) is 7.07. The lowest BCUT2D eigenvalue weighted by molar-refractivity contribution is 0.102. The summed E-state index contributed by atoms with van der Waals surface area (Å²) in [5.74, 6) is 2.28. The Balaban J connectivity index is 1.43. The van der Waals surface area contributed by atoms with Gasteiger partial charge in [-0.2, -0.15) is 0 Å². The van der Waals surface area contributed by atoms with E-state index in [9.17, 15) is 4.79 Å². The molecule has 0 saturated carbocycles. The van der Waals surface area contributed by atoms with E-state index in [2.05, 4.69) is 46.7 Å². The van der Waals surface area contributed by atoms with Gasteiger partial charge in [-0.15, -0.1) is 0 Å². The van der Waals surface area contributed by atoms with Gasteiger partial charge in [0.05, 0.1) is 0 Å². The maximum atomic E-state index is 12.9. The van der Waals surface area contributed by atoms with Crippen LogP contribution in [-0.2, 0) is 0 Å². The molecular formula is C26H26N2O. The fourth-order valence-corrected chi connectivity index (χ4v) is 5.86. The number of carbonyl (C=O) groups is 1. The zero-order chi connectivity index (χ0) is 19.5. The number of rotatable bonds is 2. The standard InChI is InChI=1S/C26H26N2O/c1-16-8-10-17(11-9-16)26(29)27-20-12-23-21-6-2-4-18(21)14-28-15-19-5-3-7-22(19)24(13-20)25(23)28/h2-3,6-13,18-19,21-22H,4-5,14-15H2,1H3,(H,27,29)/t18-,19+,21-,22+. The number of nitrogens with zero attached hydrogens (tertiary/aromatic N) is 1. The van der Waals surface area contributed by atoms with Gasteiger partial charge in [-0.1, -0.05) is 42.0 Å². The number of carbonyl (C=O) groups excluding carboxylic acids is 1. The average molecular weight is 383 g/mol. The van der Waals surface area contributed by atoms with Crippen LogP contribution in [0.1, 0.15) is 51.7 Å². The Morgan fingerprint density at radius 3 is 2.10 bits per heavy atom. The van der Waals surface area contributed by atoms with Crippen LogP contribution in [0.25, 0.3) is 0 Å². The van der Waals surface area contributed by atoms with E-state index >= 15 is 0 Å². The van der Waals surface area contributed by atoms with Crippen LogP contribution < -0.4 is 10.2 Å². The monoisotopic (exact) mass is 382 g/mol. The summed E-state index contributed by atoms with van der Waals surface area (Å²) in [6.45, 7) is 4.37. The number of aryl methyl sites for hydroxylation is 1. The summed E-state index contributed by atoms with van der Waals surface area (Å²) < 4.78 is 0. The highest BCUT2D eigenvalue weighted by Gasteiger charge is 2.42. The van der Waals surface area contributed by atoms with Gasteiger partial charge < -0.3 is 10.2 Å². The highest BCUT2D eigenvalue weighted by Crippen LogP contribution is 2.53. The van der Waals surface area contributed by atoms with Crippen molar-refractivity contribution in [2.24, 2.45) is 11.8 Å². The second-order valence-corrected chi connectivity index (χ2v) is 9.13. The topological polar surface area (TPSA) is 32.3 Å². The Hall–Kier alpha value is -2.81. The average Bonchev–Trinajstić information content (AvgIpc) is 3.38. The minimum Gasteiger partial charge on any atom is -0.370 e. The van der Waals surface area contributed by atoms with Crippen molar-refractivity contribution in [3.8, 4) is 0 Å². The highest BCUT2D eigenvalue weighted by molar-refractivity contribution is 6.04. The number of nitrogens with one attached hydrogen (secondary N) is 1. The summed E-state index contributed by atoms with van der Waals surface area (Å²) in [5, 5.41) is 3.20. The van der Waals surface area contributed by atoms with E-state index < -0.39 is 0 Å². The second-order valence-electron chi connectivity index (χ2n) is 9.13. The highest BCUT2D eigenvalue weighted by atomic mass is 16.1. The molecule has 0 spiro atoms. The van der Waals surface area contributed by atoms with E-state index in [4.69, 9.17) is 0 Å². The molecule has 4 atom stereocenters. The van der Waals surface area contributed by atoms with Gasteiger partial charge in [0.25, 0.3) is 5.91 Å². The summed E-state index contributed by atoms with van der Waals surface area (Å²) in [6, 6.07) is 12.3. The maximum absolute atomic E-state index is 12.9. The zero-order valence-electron chi connectivity index (χ0n) is 16.8. The lowest BCUT2D eigenvalue weighted by Gasteiger charge is -2.46. The first-order chi connectivity index (χ1) is 14.2. The SMILES string of the molecule is Cc1ccc(C(=O)Nc2cc3c4c(c2)[C@@H]2C=CC[C@@H]2CN4C[C@@H]2CC=C[C@H]32)cc1. The molecule has 3 nitrogen and oxygen atoms in total. The largest absolute Gasteiger partial charge is 0.370 e. The molecule has 4 aliphatic rings. The molecule has 6 rings (SSSR count). The summed E-state index contributed by atoms with van der Waals surface area (Å²) in [7, 11) is 0. The molecule has 2 aliphatic heterocycles. The molecular weight excluding hydrogens is 356 g/mol. The second kappa shape index (κ2) is 6.35. The Labute approximate surface area is 172 Å². The molecule has 0 unspecified atom stereocenters. The molecule has 0 radical (unpaired) electrons. The third kappa shape index (κ3) is 2.67. The molecule has 0 bridgehead atoms. The quantitative estimate of drug-likeness (QED) is 0.705. The Bertz CT molecular complexity index is 998. The molecule has 2 aromatic carbocycles. The van der Waals surface area contributed by atoms with Crippen molar-refractivity contribution in [2.45, 2.75) is 31.6 Å². The van der Waals surface area contributed by atoms with Gasteiger partial charge in [-0.3, -0.25) is 4.79 Å². The molecule has 1 N–H and O–H groups in total. The number of anilines is 2. The molecule has 1 amide bonds. The molecule has 0 aromatic heterocycles. The smallest absolute Gasteiger partial charge is 0.255 e. The van der Waals surface area contributed by atoms with E-state index in [0.29, 0.717) is 29.2 Å². The van der Waals surface area contributed by atoms with E-state index in [1.54, 1.807) is 0 Å². The van der Waals surface area contributed by atoms with Gasteiger partial charge in [-0.05, 0) is 67.0 Å². The number of hydrogen-bond donors (Lipinski definition) is 1. The van der Waals surface area contributed by atoms with Gasteiger partial charge >= 0.3 is 0 Å². The van der Waals surface area contributed by atoms with Crippen LogP contribution in [0.15, 0.2) is 60.7 Å². The van der Waals surface area contributed by atoms with Crippen LogP contribution >= 0.6 is 0 Å². The normalized spacial score (nSPS) is 28.1. The number of benzene rings is 2. The molecule has 29 heavy (non-hydrogen) atoms. The van der Waals surface area contributed by atoms with Crippen molar-refractivity contribution in [1.82, 2.24) is 0 Å². The van der Waals surface area contributed by atoms with Gasteiger partial charge in [0.1, 0.15) is 0 Å². The van der Waals surface area contributed by atoms with E-state index in [0.717, 1.165) is 24.3 Å².